The van der Waals surface area contributed by atoms with Gasteiger partial charge in [0.05, 0.1) is 48.7 Å². The molecule has 0 unspecified atom stereocenters. The number of hydrogen-bond acceptors (Lipinski definition) is 29. The number of fused-ring (bicyclic) bond motifs is 6. The fourth-order valence-corrected chi connectivity index (χ4v) is 7.21. The molecule has 29 nitrogen and oxygen atoms in total. The molecule has 81 heavy (non-hydrogen) atoms. The molecule has 0 saturated heterocycles. The smallest absolute Gasteiger partial charge is 0.340 e. The van der Waals surface area contributed by atoms with E-state index in [0.29, 0.717) is 0 Å². The lowest BCUT2D eigenvalue weighted by Gasteiger charge is -2.37. The third kappa shape index (κ3) is 17.8. The minimum atomic E-state index is -2.38. The van der Waals surface area contributed by atoms with Gasteiger partial charge >= 0.3 is 65.7 Å². The van der Waals surface area contributed by atoms with Gasteiger partial charge < -0.3 is 80.7 Å². The SMILES string of the molecule is CC(=O)OCOC(=O)CN(CCOCCOc1cc2c(cc1N(CC(=O)OCOC(C)=O)CC(=O)OCOC(C)=O)C(=O)OC21c2ccc(OCOC(C)=O)c(F)c2Oc2c1ccc(OCOC(C)=O)c2F)CC(=O)OCOC(C)=O. The molecular weight excluding hydrogens is 1100 g/mol. The summed E-state index contributed by atoms with van der Waals surface area (Å²) in [6.07, 6.45) is 0. The van der Waals surface area contributed by atoms with Crippen LogP contribution in [0.15, 0.2) is 36.4 Å². The summed E-state index contributed by atoms with van der Waals surface area (Å²) in [6, 6.07) is 6.80. The molecule has 438 valence electrons. The molecule has 0 amide bonds. The van der Waals surface area contributed by atoms with E-state index in [1.54, 1.807) is 0 Å². The summed E-state index contributed by atoms with van der Waals surface area (Å²) < 4.78 is 116. The molecule has 1 spiro atoms. The molecule has 0 saturated carbocycles. The number of esters is 11. The summed E-state index contributed by atoms with van der Waals surface area (Å²) in [6.45, 7) is -2.56. The fraction of sp³-hybridized carbons (Fsp3) is 0.420. The van der Waals surface area contributed by atoms with Crippen LogP contribution >= 0.6 is 0 Å². The van der Waals surface area contributed by atoms with Crippen molar-refractivity contribution < 1.29 is 137 Å². The van der Waals surface area contributed by atoms with E-state index < -0.39 is 179 Å². The number of carbonyl (C=O) groups is 11. The number of rotatable bonds is 30. The first-order chi connectivity index (χ1) is 38.5. The van der Waals surface area contributed by atoms with Crippen molar-refractivity contribution in [2.75, 3.05) is 98.2 Å². The summed E-state index contributed by atoms with van der Waals surface area (Å²) in [5.41, 5.74) is -3.80. The molecule has 2 aliphatic rings. The molecule has 5 rings (SSSR count). The van der Waals surface area contributed by atoms with Crippen LogP contribution in [0.1, 0.15) is 68.6 Å². The van der Waals surface area contributed by atoms with Crippen LogP contribution in [0.2, 0.25) is 0 Å². The Bertz CT molecular complexity index is 2750. The molecule has 0 aliphatic carbocycles. The van der Waals surface area contributed by atoms with Crippen LogP contribution < -0.4 is 23.8 Å². The van der Waals surface area contributed by atoms with E-state index in [4.69, 9.17) is 66.3 Å². The van der Waals surface area contributed by atoms with E-state index in [9.17, 15) is 52.7 Å². The van der Waals surface area contributed by atoms with E-state index in [2.05, 4.69) is 9.47 Å². The molecule has 0 bridgehead atoms. The van der Waals surface area contributed by atoms with E-state index >= 15 is 8.78 Å². The van der Waals surface area contributed by atoms with Crippen molar-refractivity contribution >= 4 is 71.3 Å². The number of carbonyl (C=O) groups excluding carboxylic acids is 11. The second-order valence-corrected chi connectivity index (χ2v) is 16.5. The van der Waals surface area contributed by atoms with E-state index in [1.807, 2.05) is 0 Å². The van der Waals surface area contributed by atoms with Crippen LogP contribution in [0, 0.1) is 11.6 Å². The number of halogens is 2. The summed E-state index contributed by atoms with van der Waals surface area (Å²) in [5.74, 6) is -15.7. The fourth-order valence-electron chi connectivity index (χ4n) is 7.21. The molecule has 31 heteroatoms. The van der Waals surface area contributed by atoms with Gasteiger partial charge in [0.2, 0.25) is 52.4 Å². The van der Waals surface area contributed by atoms with Crippen LogP contribution in [-0.2, 0) is 110 Å². The highest BCUT2D eigenvalue weighted by atomic mass is 19.1. The minimum Gasteiger partial charge on any atom is -0.489 e. The van der Waals surface area contributed by atoms with Gasteiger partial charge in [0.1, 0.15) is 25.4 Å². The maximum absolute atomic E-state index is 16.7. The summed E-state index contributed by atoms with van der Waals surface area (Å²) in [5, 5.41) is 0. The van der Waals surface area contributed by atoms with Crippen molar-refractivity contribution in [3.8, 4) is 28.7 Å². The third-order valence-corrected chi connectivity index (χ3v) is 10.6. The van der Waals surface area contributed by atoms with Gasteiger partial charge in [-0.2, -0.15) is 8.78 Å². The molecule has 0 atom stereocenters. The number of nitrogens with zero attached hydrogens (tertiary/aromatic N) is 2. The lowest BCUT2D eigenvalue weighted by atomic mass is 9.77. The molecule has 0 radical (unpaired) electrons. The van der Waals surface area contributed by atoms with Gasteiger partial charge in [0.15, 0.2) is 28.6 Å². The Morgan fingerprint density at radius 3 is 1.30 bits per heavy atom. The second-order valence-electron chi connectivity index (χ2n) is 16.5. The van der Waals surface area contributed by atoms with Crippen molar-refractivity contribution in [1.82, 2.24) is 4.90 Å². The third-order valence-electron chi connectivity index (χ3n) is 10.6. The number of anilines is 1. The predicted molar refractivity (Wildman–Crippen MR) is 255 cm³/mol. The monoisotopic (exact) mass is 1150 g/mol. The van der Waals surface area contributed by atoms with Crippen molar-refractivity contribution in [3.05, 3.63) is 70.3 Å². The number of benzene rings is 3. The van der Waals surface area contributed by atoms with Gasteiger partial charge in [-0.15, -0.1) is 0 Å². The normalized spacial score (nSPS) is 12.1. The molecule has 3 aromatic carbocycles. The molecule has 0 N–H and O–H groups in total. The Hall–Kier alpha value is -9.39. The van der Waals surface area contributed by atoms with Crippen molar-refractivity contribution in [3.63, 3.8) is 0 Å². The first-order valence-corrected chi connectivity index (χ1v) is 23.6. The van der Waals surface area contributed by atoms with Gasteiger partial charge in [0.25, 0.3) is 0 Å². The predicted octanol–water partition coefficient (Wildman–Crippen LogP) is 2.09. The maximum Gasteiger partial charge on any atom is 0.340 e. The van der Waals surface area contributed by atoms with Gasteiger partial charge in [0, 0.05) is 53.7 Å². The highest BCUT2D eigenvalue weighted by Gasteiger charge is 2.56. The maximum atomic E-state index is 16.7. The zero-order valence-electron chi connectivity index (χ0n) is 44.0. The zero-order chi connectivity index (χ0) is 59.4. The van der Waals surface area contributed by atoms with Gasteiger partial charge in [-0.05, 0) is 36.4 Å². The van der Waals surface area contributed by atoms with E-state index in [1.165, 1.54) is 23.1 Å². The molecule has 2 heterocycles. The van der Waals surface area contributed by atoms with Crippen LogP contribution in [0.3, 0.4) is 0 Å². The zero-order valence-corrected chi connectivity index (χ0v) is 44.0. The first kappa shape index (κ1) is 62.5. The molecule has 3 aromatic rings. The second kappa shape index (κ2) is 29.5. The average Bonchev–Trinajstić information content (AvgIpc) is 3.95. The lowest BCUT2D eigenvalue weighted by Crippen LogP contribution is -2.39. The standard InChI is InChI=1S/C50H52F2N2O27/c1-27(55)68-21-74-38-9-7-34-47(45(38)51)80-48-35(8-10-39(46(48)52)75-22-69-28(2)56)50(34)36-16-40(67-14-13-66-12-11-53(17-41(61)76-23-70-29(3)57)18-42(62)77-24-71-30(4)58)37(15-33(36)49(65)81-50)54(19-43(63)78-25-72-31(5)59)20-44(64)79-26-73-32(6)60/h7-10,15-16H,11-14,17-26H2,1-6H3. The lowest BCUT2D eigenvalue weighted by molar-refractivity contribution is -0.170. The van der Waals surface area contributed by atoms with Crippen molar-refractivity contribution in [2.24, 2.45) is 0 Å². The molecule has 2 aliphatic heterocycles. The first-order valence-electron chi connectivity index (χ1n) is 23.6. The van der Waals surface area contributed by atoms with Crippen molar-refractivity contribution in [1.29, 1.82) is 0 Å². The quantitative estimate of drug-likeness (QED) is 0.0399. The van der Waals surface area contributed by atoms with Crippen LogP contribution in [0.4, 0.5) is 14.5 Å². The summed E-state index contributed by atoms with van der Waals surface area (Å²) in [7, 11) is 0. The Morgan fingerprint density at radius 1 is 0.469 bits per heavy atom. The highest BCUT2D eigenvalue weighted by molar-refractivity contribution is 5.99. The van der Waals surface area contributed by atoms with Gasteiger partial charge in [-0.3, -0.25) is 52.8 Å². The van der Waals surface area contributed by atoms with E-state index in [-0.39, 0.29) is 53.4 Å². The topological polar surface area (TPSA) is 342 Å². The van der Waals surface area contributed by atoms with Gasteiger partial charge in [-0.25, -0.2) is 4.79 Å². The Kier molecular flexibility index (Phi) is 22.8. The van der Waals surface area contributed by atoms with Crippen LogP contribution in [0.25, 0.3) is 0 Å². The van der Waals surface area contributed by atoms with Gasteiger partial charge in [-0.1, -0.05) is 0 Å². The molecule has 0 fully saturated rings. The number of hydrogen-bond donors (Lipinski definition) is 0. The van der Waals surface area contributed by atoms with Crippen molar-refractivity contribution in [2.45, 2.75) is 47.1 Å². The number of ether oxygens (including phenoxy) is 16. The minimum absolute atomic E-state index is 0.183. The van der Waals surface area contributed by atoms with Crippen LogP contribution in [-0.4, -0.2) is 164 Å². The summed E-state index contributed by atoms with van der Waals surface area (Å²) in [4.78, 5) is 137. The Balaban J connectivity index is 1.59. The molecule has 0 aromatic heterocycles. The Labute approximate surface area is 457 Å². The van der Waals surface area contributed by atoms with Crippen LogP contribution in [0.5, 0.6) is 28.7 Å². The molecular formula is C50H52F2N2O27. The average molecular weight is 1150 g/mol. The van der Waals surface area contributed by atoms with E-state index in [0.717, 1.165) is 64.6 Å². The summed E-state index contributed by atoms with van der Waals surface area (Å²) >= 11 is 0. The largest absolute Gasteiger partial charge is 0.489 e. The Morgan fingerprint density at radius 2 is 0.877 bits per heavy atom. The highest BCUT2D eigenvalue weighted by Crippen LogP contribution is 2.59.